The predicted molar refractivity (Wildman–Crippen MR) is 119 cm³/mol. The molecule has 0 saturated carbocycles. The topological polar surface area (TPSA) is 112 Å². The zero-order valence-electron chi connectivity index (χ0n) is 18.8. The molecule has 9 nitrogen and oxygen atoms in total. The van der Waals surface area contributed by atoms with Crippen molar-refractivity contribution in [2.24, 2.45) is 4.99 Å². The van der Waals surface area contributed by atoms with Gasteiger partial charge in [-0.05, 0) is 51.8 Å². The van der Waals surface area contributed by atoms with Gasteiger partial charge in [0.05, 0.1) is 11.4 Å². The first-order chi connectivity index (χ1) is 14.0. The quantitative estimate of drug-likeness (QED) is 0.307. The molecule has 0 saturated heterocycles. The van der Waals surface area contributed by atoms with Crippen LogP contribution >= 0.6 is 0 Å². The number of aliphatic imine (C=N–C) groups is 1. The molecule has 0 bridgehead atoms. The lowest BCUT2D eigenvalue weighted by Crippen LogP contribution is -2.39. The number of carbonyl (C=O) groups excluding carboxylic acids is 1. The fraction of sp³-hybridized carbons (Fsp3) is 0.600. The fourth-order valence-electron chi connectivity index (χ4n) is 2.29. The second-order valence-electron chi connectivity index (χ2n) is 7.84. The fourth-order valence-corrected chi connectivity index (χ4v) is 3.19. The summed E-state index contributed by atoms with van der Waals surface area (Å²) in [5, 5.41) is 9.08. The highest BCUT2D eigenvalue weighted by molar-refractivity contribution is 7.89. The van der Waals surface area contributed by atoms with Gasteiger partial charge in [0.2, 0.25) is 10.0 Å². The van der Waals surface area contributed by atoms with Gasteiger partial charge in [0, 0.05) is 33.7 Å². The van der Waals surface area contributed by atoms with Crippen molar-refractivity contribution in [3.8, 4) is 0 Å². The summed E-state index contributed by atoms with van der Waals surface area (Å²) in [5.74, 6) is 0.653. The lowest BCUT2D eigenvalue weighted by atomic mass is 10.2. The zero-order chi connectivity index (χ0) is 22.8. The molecule has 30 heavy (non-hydrogen) atoms. The van der Waals surface area contributed by atoms with Gasteiger partial charge >= 0.3 is 6.09 Å². The first kappa shape index (κ1) is 25.7. The van der Waals surface area contributed by atoms with E-state index < -0.39 is 21.7 Å². The SMILES string of the molecule is CCNC(=NCc1ccc(S(=O)(=O)N(C)C)cc1)NCCCNC(=O)OC(C)(C)C. The Hall–Kier alpha value is -2.33. The highest BCUT2D eigenvalue weighted by atomic mass is 32.2. The number of ether oxygens (including phenoxy) is 1. The van der Waals surface area contributed by atoms with Crippen LogP contribution in [-0.4, -0.2) is 64.1 Å². The summed E-state index contributed by atoms with van der Waals surface area (Å²) in [4.78, 5) is 16.4. The minimum atomic E-state index is -3.43. The molecule has 0 aromatic heterocycles. The van der Waals surface area contributed by atoms with Gasteiger partial charge in [-0.2, -0.15) is 0 Å². The number of sulfonamides is 1. The average Bonchev–Trinajstić information content (AvgIpc) is 2.64. The van der Waals surface area contributed by atoms with Crippen molar-refractivity contribution in [3.63, 3.8) is 0 Å². The van der Waals surface area contributed by atoms with E-state index >= 15 is 0 Å². The Morgan fingerprint density at radius 1 is 1.07 bits per heavy atom. The molecule has 0 spiro atoms. The number of benzene rings is 1. The molecule has 1 aromatic rings. The van der Waals surface area contributed by atoms with Gasteiger partial charge in [0.1, 0.15) is 5.60 Å². The summed E-state index contributed by atoms with van der Waals surface area (Å²) in [6.45, 7) is 9.68. The average molecular weight is 442 g/mol. The van der Waals surface area contributed by atoms with E-state index in [2.05, 4.69) is 20.9 Å². The van der Waals surface area contributed by atoms with Crippen molar-refractivity contribution < 1.29 is 17.9 Å². The molecule has 1 amide bonds. The standard InChI is InChI=1S/C20H35N5O4S/c1-7-21-18(22-13-8-14-23-19(26)29-20(2,3)4)24-15-16-9-11-17(12-10-16)30(27,28)25(5)6/h9-12H,7-8,13-15H2,1-6H3,(H,23,26)(H2,21,22,24). The second kappa shape index (κ2) is 11.8. The van der Waals surface area contributed by atoms with E-state index in [9.17, 15) is 13.2 Å². The van der Waals surface area contributed by atoms with Gasteiger partial charge in [0.25, 0.3) is 0 Å². The van der Waals surface area contributed by atoms with E-state index in [1.807, 2.05) is 27.7 Å². The molecule has 3 N–H and O–H groups in total. The van der Waals surface area contributed by atoms with Gasteiger partial charge in [0.15, 0.2) is 5.96 Å². The van der Waals surface area contributed by atoms with E-state index in [1.54, 1.807) is 24.3 Å². The number of carbonyl (C=O) groups is 1. The van der Waals surface area contributed by atoms with Gasteiger partial charge in [-0.15, -0.1) is 0 Å². The van der Waals surface area contributed by atoms with Crippen LogP contribution in [0.15, 0.2) is 34.2 Å². The molecule has 0 unspecified atom stereocenters. The molecule has 1 aromatic carbocycles. The molecule has 0 fully saturated rings. The predicted octanol–water partition coefficient (Wildman–Crippen LogP) is 1.91. The summed E-state index contributed by atoms with van der Waals surface area (Å²) >= 11 is 0. The number of alkyl carbamates (subject to hydrolysis) is 1. The number of hydrogen-bond donors (Lipinski definition) is 3. The summed E-state index contributed by atoms with van der Waals surface area (Å²) in [7, 11) is -0.424. The Morgan fingerprint density at radius 2 is 1.67 bits per heavy atom. The van der Waals surface area contributed by atoms with Crippen LogP contribution in [0, 0.1) is 0 Å². The van der Waals surface area contributed by atoms with E-state index in [-0.39, 0.29) is 4.90 Å². The first-order valence-electron chi connectivity index (χ1n) is 9.96. The maximum Gasteiger partial charge on any atom is 0.407 e. The van der Waals surface area contributed by atoms with Crippen molar-refractivity contribution in [2.75, 3.05) is 33.7 Å². The van der Waals surface area contributed by atoms with Crippen LogP contribution in [-0.2, 0) is 21.3 Å². The molecule has 0 aliphatic heterocycles. The van der Waals surface area contributed by atoms with Gasteiger partial charge in [-0.3, -0.25) is 0 Å². The number of rotatable bonds is 9. The Morgan fingerprint density at radius 3 is 2.20 bits per heavy atom. The van der Waals surface area contributed by atoms with E-state index in [1.165, 1.54) is 18.4 Å². The third kappa shape index (κ3) is 9.45. The maximum absolute atomic E-state index is 12.1. The Labute approximate surface area is 180 Å². The van der Waals surface area contributed by atoms with Crippen molar-refractivity contribution in [1.82, 2.24) is 20.3 Å². The van der Waals surface area contributed by atoms with Crippen LogP contribution < -0.4 is 16.0 Å². The number of nitrogens with zero attached hydrogens (tertiary/aromatic N) is 2. The molecular formula is C20H35N5O4S. The lowest BCUT2D eigenvalue weighted by Gasteiger charge is -2.19. The Bertz CT molecular complexity index is 799. The summed E-state index contributed by atoms with van der Waals surface area (Å²) in [6.07, 6.45) is 0.281. The zero-order valence-corrected chi connectivity index (χ0v) is 19.6. The smallest absolute Gasteiger partial charge is 0.407 e. The van der Waals surface area contributed by atoms with Crippen molar-refractivity contribution >= 4 is 22.1 Å². The monoisotopic (exact) mass is 441 g/mol. The molecular weight excluding hydrogens is 406 g/mol. The first-order valence-corrected chi connectivity index (χ1v) is 11.4. The number of amides is 1. The Kier molecular flexibility index (Phi) is 10.1. The molecule has 170 valence electrons. The van der Waals surface area contributed by atoms with Crippen molar-refractivity contribution in [1.29, 1.82) is 0 Å². The number of nitrogens with one attached hydrogen (secondary N) is 3. The van der Waals surface area contributed by atoms with Gasteiger partial charge < -0.3 is 20.7 Å². The molecule has 0 aliphatic carbocycles. The summed E-state index contributed by atoms with van der Waals surface area (Å²) in [5.41, 5.74) is 0.388. The van der Waals surface area contributed by atoms with E-state index in [4.69, 9.17) is 4.74 Å². The van der Waals surface area contributed by atoms with Crippen LogP contribution in [0.2, 0.25) is 0 Å². The summed E-state index contributed by atoms with van der Waals surface area (Å²) in [6, 6.07) is 6.69. The summed E-state index contributed by atoms with van der Waals surface area (Å²) < 4.78 is 30.6. The minimum absolute atomic E-state index is 0.253. The van der Waals surface area contributed by atoms with Gasteiger partial charge in [-0.25, -0.2) is 22.5 Å². The molecule has 0 heterocycles. The van der Waals surface area contributed by atoms with E-state index in [0.717, 1.165) is 5.56 Å². The normalized spacial score (nSPS) is 12.6. The maximum atomic E-state index is 12.1. The lowest BCUT2D eigenvalue weighted by molar-refractivity contribution is 0.0527. The number of guanidine groups is 1. The number of hydrogen-bond acceptors (Lipinski definition) is 5. The molecule has 0 atom stereocenters. The largest absolute Gasteiger partial charge is 0.444 e. The molecule has 0 aliphatic rings. The van der Waals surface area contributed by atoms with Crippen LogP contribution in [0.4, 0.5) is 4.79 Å². The van der Waals surface area contributed by atoms with Crippen LogP contribution in [0.3, 0.4) is 0 Å². The molecule has 10 heteroatoms. The van der Waals surface area contributed by atoms with E-state index in [0.29, 0.717) is 38.6 Å². The minimum Gasteiger partial charge on any atom is -0.444 e. The Balaban J connectivity index is 2.52. The van der Waals surface area contributed by atoms with Gasteiger partial charge in [-0.1, -0.05) is 12.1 Å². The highest BCUT2D eigenvalue weighted by Crippen LogP contribution is 2.14. The van der Waals surface area contributed by atoms with Crippen LogP contribution in [0.25, 0.3) is 0 Å². The van der Waals surface area contributed by atoms with Crippen molar-refractivity contribution in [2.45, 2.75) is 51.2 Å². The van der Waals surface area contributed by atoms with Crippen molar-refractivity contribution in [3.05, 3.63) is 29.8 Å². The van der Waals surface area contributed by atoms with Crippen LogP contribution in [0.5, 0.6) is 0 Å². The highest BCUT2D eigenvalue weighted by Gasteiger charge is 2.16. The third-order valence-corrected chi connectivity index (χ3v) is 5.61. The third-order valence-electron chi connectivity index (χ3n) is 3.78. The van der Waals surface area contributed by atoms with Crippen LogP contribution in [0.1, 0.15) is 39.7 Å². The second-order valence-corrected chi connectivity index (χ2v) is 9.99. The molecule has 0 radical (unpaired) electrons. The molecule has 1 rings (SSSR count).